The van der Waals surface area contributed by atoms with Gasteiger partial charge in [-0.1, -0.05) is 6.92 Å². The van der Waals surface area contributed by atoms with Crippen molar-refractivity contribution in [3.8, 4) is 0 Å². The zero-order valence-electron chi connectivity index (χ0n) is 8.73. The Kier molecular flexibility index (Phi) is 3.53. The van der Waals surface area contributed by atoms with Crippen molar-refractivity contribution in [2.45, 2.75) is 19.4 Å². The van der Waals surface area contributed by atoms with Crippen molar-refractivity contribution >= 4 is 11.3 Å². The second-order valence-corrected chi connectivity index (χ2v) is 4.45. The lowest BCUT2D eigenvalue weighted by molar-refractivity contribution is 0.608. The van der Waals surface area contributed by atoms with Gasteiger partial charge in [0.1, 0.15) is 0 Å². The Morgan fingerprint density at radius 3 is 3.13 bits per heavy atom. The first-order valence-electron chi connectivity index (χ1n) is 5.07. The molecule has 0 aliphatic rings. The number of aromatic nitrogens is 2. The van der Waals surface area contributed by atoms with E-state index in [9.17, 15) is 0 Å². The summed E-state index contributed by atoms with van der Waals surface area (Å²) in [6.07, 6.45) is 1.78. The van der Waals surface area contributed by atoms with Gasteiger partial charge in [0.05, 0.1) is 0 Å². The number of hydrogen-bond donors (Lipinski definition) is 2. The second-order valence-electron chi connectivity index (χ2n) is 3.67. The number of thiophene rings is 1. The highest BCUT2D eigenvalue weighted by molar-refractivity contribution is 7.07. The molecule has 0 aliphatic heterocycles. The lowest BCUT2D eigenvalue weighted by atomic mass is 10.1. The number of hydrogen-bond acceptors (Lipinski definition) is 3. The highest BCUT2D eigenvalue weighted by Crippen LogP contribution is 2.17. The van der Waals surface area contributed by atoms with Crippen LogP contribution in [-0.4, -0.2) is 16.7 Å². The van der Waals surface area contributed by atoms with Crippen molar-refractivity contribution in [2.24, 2.45) is 0 Å². The minimum Gasteiger partial charge on any atom is -0.311 e. The van der Waals surface area contributed by atoms with E-state index in [1.54, 1.807) is 17.5 Å². The zero-order chi connectivity index (χ0) is 10.5. The SMILES string of the molecule is CC(CNCc1ccn[nH]1)c1ccsc1. The fraction of sp³-hybridized carbons (Fsp3) is 0.364. The summed E-state index contributed by atoms with van der Waals surface area (Å²) in [4.78, 5) is 0. The first-order chi connectivity index (χ1) is 7.36. The number of aromatic amines is 1. The van der Waals surface area contributed by atoms with Gasteiger partial charge in [-0.3, -0.25) is 5.10 Å². The minimum absolute atomic E-state index is 0.569. The molecule has 1 atom stereocenters. The molecule has 1 unspecified atom stereocenters. The molecule has 2 N–H and O–H groups in total. The molecule has 2 rings (SSSR count). The lowest BCUT2D eigenvalue weighted by Crippen LogP contribution is -2.19. The molecule has 0 aromatic carbocycles. The van der Waals surface area contributed by atoms with Gasteiger partial charge in [0.15, 0.2) is 0 Å². The fourth-order valence-electron chi connectivity index (χ4n) is 1.48. The lowest BCUT2D eigenvalue weighted by Gasteiger charge is -2.10. The molecule has 0 bridgehead atoms. The van der Waals surface area contributed by atoms with E-state index in [1.165, 1.54) is 5.56 Å². The van der Waals surface area contributed by atoms with Gasteiger partial charge < -0.3 is 5.32 Å². The summed E-state index contributed by atoms with van der Waals surface area (Å²) < 4.78 is 0. The molecule has 0 aliphatic carbocycles. The molecule has 2 aromatic rings. The molecule has 3 nitrogen and oxygen atoms in total. The predicted octanol–water partition coefficient (Wildman–Crippen LogP) is 2.36. The van der Waals surface area contributed by atoms with Crippen LogP contribution in [0.25, 0.3) is 0 Å². The summed E-state index contributed by atoms with van der Waals surface area (Å²) in [5.74, 6) is 0.569. The molecule has 0 saturated heterocycles. The topological polar surface area (TPSA) is 40.7 Å². The molecular formula is C11H15N3S. The maximum absolute atomic E-state index is 3.91. The van der Waals surface area contributed by atoms with Gasteiger partial charge in [-0.05, 0) is 34.4 Å². The predicted molar refractivity (Wildman–Crippen MR) is 63.0 cm³/mol. The molecule has 80 valence electrons. The Balaban J connectivity index is 1.74. The Labute approximate surface area is 93.5 Å². The van der Waals surface area contributed by atoms with Gasteiger partial charge in [0.25, 0.3) is 0 Å². The molecule has 15 heavy (non-hydrogen) atoms. The van der Waals surface area contributed by atoms with Crippen LogP contribution in [-0.2, 0) is 6.54 Å². The van der Waals surface area contributed by atoms with Crippen molar-refractivity contribution < 1.29 is 0 Å². The van der Waals surface area contributed by atoms with Gasteiger partial charge in [-0.15, -0.1) is 0 Å². The number of H-pyrrole nitrogens is 1. The van der Waals surface area contributed by atoms with Crippen molar-refractivity contribution in [1.82, 2.24) is 15.5 Å². The van der Waals surface area contributed by atoms with Gasteiger partial charge >= 0.3 is 0 Å². The summed E-state index contributed by atoms with van der Waals surface area (Å²) in [6.45, 7) is 4.09. The monoisotopic (exact) mass is 221 g/mol. The molecule has 0 fully saturated rings. The van der Waals surface area contributed by atoms with E-state index < -0.39 is 0 Å². The summed E-state index contributed by atoms with van der Waals surface area (Å²) >= 11 is 1.76. The van der Waals surface area contributed by atoms with Crippen molar-refractivity contribution in [3.05, 3.63) is 40.3 Å². The van der Waals surface area contributed by atoms with Gasteiger partial charge in [0.2, 0.25) is 0 Å². The zero-order valence-corrected chi connectivity index (χ0v) is 9.55. The maximum Gasteiger partial charge on any atom is 0.0490 e. The molecule has 0 saturated carbocycles. The third kappa shape index (κ3) is 2.91. The average molecular weight is 221 g/mol. The first kappa shape index (κ1) is 10.4. The van der Waals surface area contributed by atoms with E-state index in [0.717, 1.165) is 18.8 Å². The van der Waals surface area contributed by atoms with E-state index in [0.29, 0.717) is 5.92 Å². The maximum atomic E-state index is 3.91. The van der Waals surface area contributed by atoms with Crippen LogP contribution >= 0.6 is 11.3 Å². The Morgan fingerprint density at radius 2 is 2.47 bits per heavy atom. The van der Waals surface area contributed by atoms with E-state index in [-0.39, 0.29) is 0 Å². The summed E-state index contributed by atoms with van der Waals surface area (Å²) in [5.41, 5.74) is 2.55. The average Bonchev–Trinajstić information content (AvgIpc) is 2.90. The van der Waals surface area contributed by atoms with E-state index >= 15 is 0 Å². The van der Waals surface area contributed by atoms with Crippen molar-refractivity contribution in [3.63, 3.8) is 0 Å². The highest BCUT2D eigenvalue weighted by Gasteiger charge is 2.04. The van der Waals surface area contributed by atoms with Crippen LogP contribution in [0.5, 0.6) is 0 Å². The van der Waals surface area contributed by atoms with Gasteiger partial charge in [0, 0.05) is 25.0 Å². The van der Waals surface area contributed by atoms with Gasteiger partial charge in [-0.2, -0.15) is 16.4 Å². The fourth-order valence-corrected chi connectivity index (χ4v) is 2.26. The standard InChI is InChI=1S/C11H15N3S/c1-9(10-3-5-15-8-10)6-12-7-11-2-4-13-14-11/h2-5,8-9,12H,6-7H2,1H3,(H,13,14). The number of rotatable bonds is 5. The van der Waals surface area contributed by atoms with Crippen LogP contribution in [0.4, 0.5) is 0 Å². The normalized spacial score (nSPS) is 12.9. The Morgan fingerprint density at radius 1 is 1.53 bits per heavy atom. The first-order valence-corrected chi connectivity index (χ1v) is 6.01. The molecule has 0 spiro atoms. The molecular weight excluding hydrogens is 206 g/mol. The van der Waals surface area contributed by atoms with Crippen LogP contribution in [0.15, 0.2) is 29.1 Å². The van der Waals surface area contributed by atoms with E-state index in [4.69, 9.17) is 0 Å². The highest BCUT2D eigenvalue weighted by atomic mass is 32.1. The molecule has 2 aromatic heterocycles. The summed E-state index contributed by atoms with van der Waals surface area (Å²) in [5, 5.41) is 14.6. The van der Waals surface area contributed by atoms with Crippen LogP contribution in [0.3, 0.4) is 0 Å². The van der Waals surface area contributed by atoms with E-state index in [2.05, 4.69) is 39.3 Å². The van der Waals surface area contributed by atoms with Crippen LogP contribution in [0.1, 0.15) is 24.1 Å². The number of nitrogens with zero attached hydrogens (tertiary/aromatic N) is 1. The molecule has 0 amide bonds. The van der Waals surface area contributed by atoms with Crippen LogP contribution < -0.4 is 5.32 Å². The third-order valence-corrected chi connectivity index (χ3v) is 3.14. The van der Waals surface area contributed by atoms with Gasteiger partial charge in [-0.25, -0.2) is 0 Å². The molecule has 2 heterocycles. The molecule has 4 heteroatoms. The van der Waals surface area contributed by atoms with Crippen molar-refractivity contribution in [2.75, 3.05) is 6.54 Å². The second kappa shape index (κ2) is 5.09. The van der Waals surface area contributed by atoms with Crippen LogP contribution in [0, 0.1) is 0 Å². The van der Waals surface area contributed by atoms with Crippen LogP contribution in [0.2, 0.25) is 0 Å². The largest absolute Gasteiger partial charge is 0.311 e. The summed E-state index contributed by atoms with van der Waals surface area (Å²) in [7, 11) is 0. The Hall–Kier alpha value is -1.13. The molecule has 0 radical (unpaired) electrons. The third-order valence-electron chi connectivity index (χ3n) is 2.44. The Bertz CT molecular complexity index is 366. The smallest absolute Gasteiger partial charge is 0.0490 e. The van der Waals surface area contributed by atoms with E-state index in [1.807, 2.05) is 6.07 Å². The van der Waals surface area contributed by atoms with Crippen molar-refractivity contribution in [1.29, 1.82) is 0 Å². The minimum atomic E-state index is 0.569. The number of nitrogens with one attached hydrogen (secondary N) is 2. The summed E-state index contributed by atoms with van der Waals surface area (Å²) in [6, 6.07) is 4.18. The quantitative estimate of drug-likeness (QED) is 0.813.